The highest BCUT2D eigenvalue weighted by Gasteiger charge is 2.31. The Kier molecular flexibility index (Phi) is 4.35. The molecule has 1 unspecified atom stereocenters. The van der Waals surface area contributed by atoms with Crippen LogP contribution in [0, 0.1) is 13.8 Å². The van der Waals surface area contributed by atoms with E-state index in [4.69, 9.17) is 15.6 Å². The SMILES string of the molecule is COc1ccccc1C1CC(CN)=NN1c1cc(C)ccc1C. The maximum Gasteiger partial charge on any atom is 0.124 e. The van der Waals surface area contributed by atoms with Gasteiger partial charge in [0, 0.05) is 18.5 Å². The van der Waals surface area contributed by atoms with Crippen molar-refractivity contribution in [2.24, 2.45) is 10.8 Å². The molecule has 0 spiro atoms. The number of hydrazone groups is 1. The summed E-state index contributed by atoms with van der Waals surface area (Å²) in [6.45, 7) is 4.70. The highest BCUT2D eigenvalue weighted by Crippen LogP contribution is 2.40. The summed E-state index contributed by atoms with van der Waals surface area (Å²) in [5.74, 6) is 0.890. The molecular weight excluding hydrogens is 286 g/mol. The summed E-state index contributed by atoms with van der Waals surface area (Å²) in [6.07, 6.45) is 0.824. The number of aryl methyl sites for hydroxylation is 2. The molecule has 0 aromatic heterocycles. The zero-order valence-corrected chi connectivity index (χ0v) is 13.9. The van der Waals surface area contributed by atoms with E-state index in [1.807, 2.05) is 18.2 Å². The van der Waals surface area contributed by atoms with E-state index in [9.17, 15) is 0 Å². The standard InChI is InChI=1S/C19H23N3O/c1-13-8-9-14(2)17(10-13)22-18(11-15(12-20)21-22)16-6-4-5-7-19(16)23-3/h4-10,18H,11-12,20H2,1-3H3. The van der Waals surface area contributed by atoms with Crippen molar-refractivity contribution in [3.05, 3.63) is 59.2 Å². The minimum Gasteiger partial charge on any atom is -0.496 e. The van der Waals surface area contributed by atoms with Crippen LogP contribution < -0.4 is 15.5 Å². The molecule has 4 nitrogen and oxygen atoms in total. The first-order valence-electron chi connectivity index (χ1n) is 7.90. The summed E-state index contributed by atoms with van der Waals surface area (Å²) < 4.78 is 5.56. The lowest BCUT2D eigenvalue weighted by atomic mass is 9.99. The van der Waals surface area contributed by atoms with Crippen molar-refractivity contribution >= 4 is 11.4 Å². The smallest absolute Gasteiger partial charge is 0.124 e. The topological polar surface area (TPSA) is 50.9 Å². The number of ether oxygens (including phenoxy) is 1. The number of nitrogens with zero attached hydrogens (tertiary/aromatic N) is 2. The van der Waals surface area contributed by atoms with Crippen LogP contribution in [0.25, 0.3) is 0 Å². The van der Waals surface area contributed by atoms with Crippen molar-refractivity contribution in [1.29, 1.82) is 0 Å². The Hall–Kier alpha value is -2.33. The molecule has 0 saturated heterocycles. The summed E-state index contributed by atoms with van der Waals surface area (Å²) in [7, 11) is 1.71. The van der Waals surface area contributed by atoms with Gasteiger partial charge in [-0.05, 0) is 37.1 Å². The van der Waals surface area contributed by atoms with Crippen LogP contribution >= 0.6 is 0 Å². The lowest BCUT2D eigenvalue weighted by Crippen LogP contribution is -2.20. The Balaban J connectivity index is 2.08. The molecule has 0 fully saturated rings. The van der Waals surface area contributed by atoms with Crippen molar-refractivity contribution < 1.29 is 4.74 Å². The highest BCUT2D eigenvalue weighted by atomic mass is 16.5. The summed E-state index contributed by atoms with van der Waals surface area (Å²) in [4.78, 5) is 0. The molecule has 23 heavy (non-hydrogen) atoms. The molecule has 2 N–H and O–H groups in total. The van der Waals surface area contributed by atoms with E-state index >= 15 is 0 Å². The number of hydrogen-bond acceptors (Lipinski definition) is 4. The van der Waals surface area contributed by atoms with E-state index in [-0.39, 0.29) is 6.04 Å². The molecule has 1 heterocycles. The molecular formula is C19H23N3O. The minimum absolute atomic E-state index is 0.116. The molecule has 4 heteroatoms. The minimum atomic E-state index is 0.116. The average Bonchev–Trinajstić information content (AvgIpc) is 3.01. The molecule has 1 aliphatic rings. The van der Waals surface area contributed by atoms with E-state index in [2.05, 4.69) is 43.1 Å². The van der Waals surface area contributed by atoms with Crippen molar-refractivity contribution in [2.75, 3.05) is 18.7 Å². The predicted octanol–water partition coefficient (Wildman–Crippen LogP) is 3.58. The first-order valence-corrected chi connectivity index (χ1v) is 7.90. The van der Waals surface area contributed by atoms with Gasteiger partial charge in [-0.3, -0.25) is 5.01 Å². The Morgan fingerprint density at radius 1 is 1.22 bits per heavy atom. The Labute approximate surface area is 137 Å². The van der Waals surface area contributed by atoms with Gasteiger partial charge in [-0.2, -0.15) is 5.10 Å². The van der Waals surface area contributed by atoms with Crippen LogP contribution in [0.1, 0.15) is 29.2 Å². The van der Waals surface area contributed by atoms with Crippen molar-refractivity contribution in [3.63, 3.8) is 0 Å². The summed E-state index contributed by atoms with van der Waals surface area (Å²) in [6, 6.07) is 14.7. The Morgan fingerprint density at radius 2 is 2.00 bits per heavy atom. The highest BCUT2D eigenvalue weighted by molar-refractivity contribution is 5.90. The molecule has 1 aliphatic heterocycles. The predicted molar refractivity (Wildman–Crippen MR) is 95.2 cm³/mol. The van der Waals surface area contributed by atoms with Crippen LogP contribution in [0.2, 0.25) is 0 Å². The van der Waals surface area contributed by atoms with Gasteiger partial charge < -0.3 is 10.5 Å². The van der Waals surface area contributed by atoms with Gasteiger partial charge >= 0.3 is 0 Å². The van der Waals surface area contributed by atoms with Crippen LogP contribution in [0.3, 0.4) is 0 Å². The summed E-state index contributed by atoms with van der Waals surface area (Å²) in [5.41, 5.74) is 11.6. The van der Waals surface area contributed by atoms with Crippen LogP contribution in [-0.4, -0.2) is 19.4 Å². The monoisotopic (exact) mass is 309 g/mol. The van der Waals surface area contributed by atoms with Gasteiger partial charge in [0.25, 0.3) is 0 Å². The summed E-state index contributed by atoms with van der Waals surface area (Å²) >= 11 is 0. The number of benzene rings is 2. The van der Waals surface area contributed by atoms with Crippen LogP contribution in [0.4, 0.5) is 5.69 Å². The van der Waals surface area contributed by atoms with Crippen LogP contribution in [-0.2, 0) is 0 Å². The number of para-hydroxylation sites is 1. The molecule has 2 aromatic carbocycles. The van der Waals surface area contributed by atoms with Gasteiger partial charge in [0.15, 0.2) is 0 Å². The molecule has 0 amide bonds. The second-order valence-corrected chi connectivity index (χ2v) is 5.97. The lowest BCUT2D eigenvalue weighted by molar-refractivity contribution is 0.405. The first kappa shape index (κ1) is 15.6. The fraction of sp³-hybridized carbons (Fsp3) is 0.316. The molecule has 2 aromatic rings. The number of anilines is 1. The zero-order valence-electron chi connectivity index (χ0n) is 13.9. The van der Waals surface area contributed by atoms with Gasteiger partial charge in [0.2, 0.25) is 0 Å². The summed E-state index contributed by atoms with van der Waals surface area (Å²) in [5, 5.41) is 6.88. The Bertz CT molecular complexity index is 739. The molecule has 0 radical (unpaired) electrons. The van der Waals surface area contributed by atoms with Crippen molar-refractivity contribution in [3.8, 4) is 5.75 Å². The second-order valence-electron chi connectivity index (χ2n) is 5.97. The van der Waals surface area contributed by atoms with Gasteiger partial charge in [-0.1, -0.05) is 30.3 Å². The van der Waals surface area contributed by atoms with Gasteiger partial charge in [-0.25, -0.2) is 0 Å². The quantitative estimate of drug-likeness (QED) is 0.939. The fourth-order valence-corrected chi connectivity index (χ4v) is 3.07. The lowest BCUT2D eigenvalue weighted by Gasteiger charge is -2.27. The normalized spacial score (nSPS) is 17.3. The van der Waals surface area contributed by atoms with E-state index in [1.165, 1.54) is 11.1 Å². The zero-order chi connectivity index (χ0) is 16.4. The van der Waals surface area contributed by atoms with Crippen LogP contribution in [0.15, 0.2) is 47.6 Å². The van der Waals surface area contributed by atoms with Gasteiger partial charge in [0.1, 0.15) is 5.75 Å². The maximum absolute atomic E-state index is 5.86. The third kappa shape index (κ3) is 2.94. The third-order valence-electron chi connectivity index (χ3n) is 4.32. The fourth-order valence-electron chi connectivity index (χ4n) is 3.07. The first-order chi connectivity index (χ1) is 11.1. The van der Waals surface area contributed by atoms with E-state index < -0.39 is 0 Å². The molecule has 3 rings (SSSR count). The maximum atomic E-state index is 5.86. The molecule has 1 atom stereocenters. The number of rotatable bonds is 4. The second kappa shape index (κ2) is 6.42. The number of hydrogen-bond donors (Lipinski definition) is 1. The van der Waals surface area contributed by atoms with Crippen LogP contribution in [0.5, 0.6) is 5.75 Å². The molecule has 0 bridgehead atoms. The molecule has 0 saturated carbocycles. The van der Waals surface area contributed by atoms with E-state index in [0.717, 1.165) is 29.1 Å². The molecule has 0 aliphatic carbocycles. The number of methoxy groups -OCH3 is 1. The van der Waals surface area contributed by atoms with Crippen molar-refractivity contribution in [2.45, 2.75) is 26.3 Å². The van der Waals surface area contributed by atoms with Gasteiger partial charge in [-0.15, -0.1) is 0 Å². The molecule has 120 valence electrons. The van der Waals surface area contributed by atoms with E-state index in [0.29, 0.717) is 6.54 Å². The van der Waals surface area contributed by atoms with Crippen molar-refractivity contribution in [1.82, 2.24) is 0 Å². The largest absolute Gasteiger partial charge is 0.496 e. The van der Waals surface area contributed by atoms with E-state index in [1.54, 1.807) is 7.11 Å². The number of nitrogens with two attached hydrogens (primary N) is 1. The Morgan fingerprint density at radius 3 is 2.74 bits per heavy atom. The van der Waals surface area contributed by atoms with Gasteiger partial charge in [0.05, 0.1) is 24.6 Å². The third-order valence-corrected chi connectivity index (χ3v) is 4.32. The average molecular weight is 309 g/mol.